The van der Waals surface area contributed by atoms with Crippen LogP contribution in [0.25, 0.3) is 5.57 Å². The molecular formula is C20H25NO2. The minimum Gasteiger partial charge on any atom is -0.496 e. The molecule has 1 unspecified atom stereocenters. The smallest absolute Gasteiger partial charge is 0.223 e. The minimum absolute atomic E-state index is 0.273. The molecular weight excluding hydrogens is 286 g/mol. The Morgan fingerprint density at radius 3 is 2.91 bits per heavy atom. The van der Waals surface area contributed by atoms with Crippen molar-refractivity contribution in [2.24, 2.45) is 11.8 Å². The summed E-state index contributed by atoms with van der Waals surface area (Å²) in [5.74, 6) is 2.18. The maximum absolute atomic E-state index is 12.0. The molecule has 0 heterocycles. The van der Waals surface area contributed by atoms with E-state index in [9.17, 15) is 4.79 Å². The van der Waals surface area contributed by atoms with Gasteiger partial charge in [0.2, 0.25) is 5.91 Å². The molecule has 1 N–H and O–H groups in total. The fourth-order valence-corrected chi connectivity index (χ4v) is 4.30. The van der Waals surface area contributed by atoms with Crippen molar-refractivity contribution in [2.75, 3.05) is 13.7 Å². The van der Waals surface area contributed by atoms with Gasteiger partial charge in [-0.05, 0) is 67.2 Å². The van der Waals surface area contributed by atoms with Crippen LogP contribution in [0.15, 0.2) is 18.2 Å². The van der Waals surface area contributed by atoms with E-state index in [1.807, 2.05) is 0 Å². The van der Waals surface area contributed by atoms with E-state index in [0.29, 0.717) is 11.8 Å². The maximum atomic E-state index is 12.0. The van der Waals surface area contributed by atoms with Crippen molar-refractivity contribution in [3.05, 3.63) is 34.9 Å². The van der Waals surface area contributed by atoms with Crippen LogP contribution in [0.3, 0.4) is 0 Å². The summed E-state index contributed by atoms with van der Waals surface area (Å²) in [5, 5.41) is 3.15. The highest BCUT2D eigenvalue weighted by atomic mass is 16.5. The Kier molecular flexibility index (Phi) is 3.88. The number of amides is 1. The number of hydrogen-bond acceptors (Lipinski definition) is 2. The lowest BCUT2D eigenvalue weighted by Gasteiger charge is -2.29. The Bertz CT molecular complexity index is 658. The summed E-state index contributed by atoms with van der Waals surface area (Å²) in [5.41, 5.74) is 5.78. The van der Waals surface area contributed by atoms with Gasteiger partial charge >= 0.3 is 0 Å². The third kappa shape index (κ3) is 2.56. The summed E-state index contributed by atoms with van der Waals surface area (Å²) >= 11 is 0. The molecule has 3 nitrogen and oxygen atoms in total. The summed E-state index contributed by atoms with van der Waals surface area (Å²) in [6.07, 6.45) is 10.1. The molecule has 4 rings (SSSR count). The molecule has 1 fully saturated rings. The second kappa shape index (κ2) is 6.03. The predicted octanol–water partition coefficient (Wildman–Crippen LogP) is 3.50. The van der Waals surface area contributed by atoms with Gasteiger partial charge in [0.1, 0.15) is 5.75 Å². The van der Waals surface area contributed by atoms with E-state index in [1.165, 1.54) is 28.7 Å². The quantitative estimate of drug-likeness (QED) is 0.904. The lowest BCUT2D eigenvalue weighted by atomic mass is 9.78. The normalized spacial score (nSPS) is 22.1. The molecule has 3 aliphatic carbocycles. The van der Waals surface area contributed by atoms with Crippen molar-refractivity contribution < 1.29 is 9.53 Å². The SMILES string of the molecule is COc1ccc2c3c1CCC(CCNC(=O)C1CCC1)C3=CC2. The highest BCUT2D eigenvalue weighted by Gasteiger charge is 2.31. The van der Waals surface area contributed by atoms with Crippen molar-refractivity contribution in [2.45, 2.75) is 44.9 Å². The summed E-state index contributed by atoms with van der Waals surface area (Å²) in [7, 11) is 1.76. The van der Waals surface area contributed by atoms with E-state index >= 15 is 0 Å². The molecule has 0 aromatic heterocycles. The van der Waals surface area contributed by atoms with E-state index in [2.05, 4.69) is 23.5 Å². The molecule has 0 saturated heterocycles. The first-order valence-electron chi connectivity index (χ1n) is 8.95. The molecule has 0 aliphatic heterocycles. The Labute approximate surface area is 138 Å². The van der Waals surface area contributed by atoms with Crippen LogP contribution in [0.2, 0.25) is 0 Å². The molecule has 0 radical (unpaired) electrons. The van der Waals surface area contributed by atoms with Crippen molar-refractivity contribution in [3.8, 4) is 5.75 Å². The van der Waals surface area contributed by atoms with Gasteiger partial charge in [0.25, 0.3) is 0 Å². The first-order chi connectivity index (χ1) is 11.3. The number of allylic oxidation sites excluding steroid dienone is 2. The Hall–Kier alpha value is -1.77. The van der Waals surface area contributed by atoms with Gasteiger partial charge in [-0.25, -0.2) is 0 Å². The van der Waals surface area contributed by atoms with Crippen molar-refractivity contribution >= 4 is 11.5 Å². The number of methoxy groups -OCH3 is 1. The molecule has 1 amide bonds. The average molecular weight is 311 g/mol. The van der Waals surface area contributed by atoms with Gasteiger partial charge in [0.05, 0.1) is 7.11 Å². The molecule has 0 spiro atoms. The fraction of sp³-hybridized carbons (Fsp3) is 0.550. The maximum Gasteiger partial charge on any atom is 0.223 e. The van der Waals surface area contributed by atoms with Gasteiger partial charge < -0.3 is 10.1 Å². The molecule has 0 bridgehead atoms. The van der Waals surface area contributed by atoms with Crippen LogP contribution in [0.4, 0.5) is 0 Å². The van der Waals surface area contributed by atoms with E-state index in [4.69, 9.17) is 4.74 Å². The van der Waals surface area contributed by atoms with E-state index in [1.54, 1.807) is 7.11 Å². The highest BCUT2D eigenvalue weighted by Crippen LogP contribution is 2.46. The Balaban J connectivity index is 1.43. The predicted molar refractivity (Wildman–Crippen MR) is 91.5 cm³/mol. The van der Waals surface area contributed by atoms with Crippen molar-refractivity contribution in [1.82, 2.24) is 5.32 Å². The molecule has 3 aliphatic rings. The average Bonchev–Trinajstić information content (AvgIpc) is 2.93. The Morgan fingerprint density at radius 2 is 2.17 bits per heavy atom. The minimum atomic E-state index is 0.273. The summed E-state index contributed by atoms with van der Waals surface area (Å²) in [6.45, 7) is 0.811. The molecule has 1 aromatic rings. The van der Waals surface area contributed by atoms with Gasteiger partial charge in [-0.2, -0.15) is 0 Å². The number of carbonyl (C=O) groups is 1. The molecule has 122 valence electrons. The second-order valence-electron chi connectivity index (χ2n) is 7.09. The molecule has 1 saturated carbocycles. The van der Waals surface area contributed by atoms with E-state index < -0.39 is 0 Å². The van der Waals surface area contributed by atoms with Crippen LogP contribution >= 0.6 is 0 Å². The van der Waals surface area contributed by atoms with Gasteiger partial charge in [0, 0.05) is 18.0 Å². The van der Waals surface area contributed by atoms with E-state index in [-0.39, 0.29) is 5.91 Å². The summed E-state index contributed by atoms with van der Waals surface area (Å²) < 4.78 is 5.55. The van der Waals surface area contributed by atoms with E-state index in [0.717, 1.165) is 50.8 Å². The first-order valence-corrected chi connectivity index (χ1v) is 8.95. The number of rotatable bonds is 5. The fourth-order valence-electron chi connectivity index (χ4n) is 4.30. The standard InChI is InChI=1S/C20H25NO2/c1-23-18-10-7-14-6-8-16-13(5-9-17(18)19(14)16)11-12-21-20(22)15-3-2-4-15/h7-8,10,13,15H,2-6,9,11-12H2,1H3,(H,21,22). The third-order valence-electron chi connectivity index (χ3n) is 5.86. The van der Waals surface area contributed by atoms with Crippen LogP contribution in [0.1, 0.15) is 48.8 Å². The van der Waals surface area contributed by atoms with Crippen LogP contribution in [-0.4, -0.2) is 19.6 Å². The second-order valence-corrected chi connectivity index (χ2v) is 7.09. The zero-order valence-electron chi connectivity index (χ0n) is 13.9. The number of ether oxygens (including phenoxy) is 1. The number of hydrogen-bond donors (Lipinski definition) is 1. The number of nitrogens with one attached hydrogen (secondary N) is 1. The van der Waals surface area contributed by atoms with Crippen LogP contribution in [0.5, 0.6) is 5.75 Å². The summed E-state index contributed by atoms with van der Waals surface area (Å²) in [4.78, 5) is 12.0. The molecule has 3 heteroatoms. The zero-order chi connectivity index (χ0) is 15.8. The van der Waals surface area contributed by atoms with Gasteiger partial charge in [-0.1, -0.05) is 18.6 Å². The van der Waals surface area contributed by atoms with Gasteiger partial charge in [-0.15, -0.1) is 0 Å². The Morgan fingerprint density at radius 1 is 1.30 bits per heavy atom. The van der Waals surface area contributed by atoms with Crippen molar-refractivity contribution in [3.63, 3.8) is 0 Å². The zero-order valence-corrected chi connectivity index (χ0v) is 13.9. The highest BCUT2D eigenvalue weighted by molar-refractivity contribution is 5.80. The van der Waals surface area contributed by atoms with Crippen molar-refractivity contribution in [1.29, 1.82) is 0 Å². The van der Waals surface area contributed by atoms with Gasteiger partial charge in [-0.3, -0.25) is 4.79 Å². The number of carbonyl (C=O) groups excluding carboxylic acids is 1. The first kappa shape index (κ1) is 14.8. The monoisotopic (exact) mass is 311 g/mol. The van der Waals surface area contributed by atoms with Crippen LogP contribution in [-0.2, 0) is 17.6 Å². The lowest BCUT2D eigenvalue weighted by Crippen LogP contribution is -2.35. The van der Waals surface area contributed by atoms with Crippen LogP contribution in [0, 0.1) is 11.8 Å². The number of benzene rings is 1. The topological polar surface area (TPSA) is 38.3 Å². The third-order valence-corrected chi connectivity index (χ3v) is 5.86. The summed E-state index contributed by atoms with van der Waals surface area (Å²) in [6, 6.07) is 4.33. The molecule has 1 atom stereocenters. The molecule has 1 aromatic carbocycles. The van der Waals surface area contributed by atoms with Crippen LogP contribution < -0.4 is 10.1 Å². The molecule has 23 heavy (non-hydrogen) atoms. The largest absolute Gasteiger partial charge is 0.496 e. The lowest BCUT2D eigenvalue weighted by molar-refractivity contribution is -0.127. The van der Waals surface area contributed by atoms with Gasteiger partial charge in [0.15, 0.2) is 0 Å².